The Balaban J connectivity index is 2.19. The van der Waals surface area contributed by atoms with Crippen LogP contribution in [-0.2, 0) is 14.0 Å². The number of ether oxygens (including phenoxy) is 1. The lowest BCUT2D eigenvalue weighted by atomic mass is 9.74. The van der Waals surface area contributed by atoms with Gasteiger partial charge in [-0.2, -0.15) is 0 Å². The summed E-state index contributed by atoms with van der Waals surface area (Å²) in [5.41, 5.74) is 6.93. The fourth-order valence-electron chi connectivity index (χ4n) is 2.37. The molecule has 2 N–H and O–H groups in total. The van der Waals surface area contributed by atoms with Gasteiger partial charge in [0.25, 0.3) is 0 Å². The summed E-state index contributed by atoms with van der Waals surface area (Å²) in [6.45, 7) is 8.84. The highest BCUT2D eigenvalue weighted by atomic mass is 16.7. The third-order valence-corrected chi connectivity index (χ3v) is 4.41. The van der Waals surface area contributed by atoms with Crippen molar-refractivity contribution in [3.05, 3.63) is 23.3 Å². The van der Waals surface area contributed by atoms with Gasteiger partial charge in [0.05, 0.1) is 17.8 Å². The molecule has 0 bridgehead atoms. The van der Waals surface area contributed by atoms with E-state index in [1.807, 2.05) is 6.08 Å². The molecule has 0 aliphatic carbocycles. The van der Waals surface area contributed by atoms with Gasteiger partial charge < -0.3 is 19.8 Å². The molecule has 6 heteroatoms. The van der Waals surface area contributed by atoms with E-state index >= 15 is 0 Å². The van der Waals surface area contributed by atoms with Crippen LogP contribution in [0.4, 0.5) is 0 Å². The molecule has 1 fully saturated rings. The van der Waals surface area contributed by atoms with Gasteiger partial charge in [0.2, 0.25) is 0 Å². The van der Waals surface area contributed by atoms with Gasteiger partial charge in [0.1, 0.15) is 6.10 Å². The lowest BCUT2D eigenvalue weighted by Crippen LogP contribution is -2.41. The van der Waals surface area contributed by atoms with E-state index in [2.05, 4.69) is 32.7 Å². The van der Waals surface area contributed by atoms with Crippen LogP contribution in [0.1, 0.15) is 34.1 Å². The van der Waals surface area contributed by atoms with Gasteiger partial charge in [-0.25, -0.2) is 0 Å². The Labute approximate surface area is 127 Å². The minimum atomic E-state index is -0.330. The van der Waals surface area contributed by atoms with Gasteiger partial charge in [0, 0.05) is 25.0 Å². The predicted molar refractivity (Wildman–Crippen MR) is 85.2 cm³/mol. The van der Waals surface area contributed by atoms with Crippen LogP contribution in [0.2, 0.25) is 0 Å². The lowest BCUT2D eigenvalue weighted by Gasteiger charge is -2.32. The van der Waals surface area contributed by atoms with E-state index in [1.165, 1.54) is 6.20 Å². The molecule has 2 heterocycles. The van der Waals surface area contributed by atoms with Crippen LogP contribution in [0.5, 0.6) is 0 Å². The largest absolute Gasteiger partial charge is 0.490 e. The maximum atomic E-state index is 6.09. The van der Waals surface area contributed by atoms with Crippen molar-refractivity contribution in [1.82, 2.24) is 0 Å². The monoisotopic (exact) mass is 292 g/mol. The normalized spacial score (nSPS) is 29.0. The maximum Gasteiger partial charge on any atom is 0.490 e. The molecular formula is C15H25BN2O3. The van der Waals surface area contributed by atoms with Crippen LogP contribution in [0.3, 0.4) is 0 Å². The van der Waals surface area contributed by atoms with E-state index in [0.717, 1.165) is 17.5 Å². The second-order valence-corrected chi connectivity index (χ2v) is 6.43. The van der Waals surface area contributed by atoms with Crippen LogP contribution < -0.4 is 5.73 Å². The zero-order chi connectivity index (χ0) is 15.7. The van der Waals surface area contributed by atoms with Crippen LogP contribution in [0.25, 0.3) is 0 Å². The second-order valence-electron chi connectivity index (χ2n) is 6.43. The Morgan fingerprint density at radius 1 is 1.33 bits per heavy atom. The van der Waals surface area contributed by atoms with Gasteiger partial charge >= 0.3 is 7.12 Å². The van der Waals surface area contributed by atoms with Crippen molar-refractivity contribution in [2.75, 3.05) is 13.7 Å². The van der Waals surface area contributed by atoms with Crippen molar-refractivity contribution in [3.63, 3.8) is 0 Å². The Morgan fingerprint density at radius 3 is 2.48 bits per heavy atom. The SMILES string of the molecule is CN=C/C(=C\N)C1C=C(B2OC(C)(C)C(C)(C)O2)CCO1. The molecule has 1 atom stereocenters. The molecule has 2 aliphatic heterocycles. The summed E-state index contributed by atoms with van der Waals surface area (Å²) in [6, 6.07) is 0. The molecule has 0 aromatic heterocycles. The van der Waals surface area contributed by atoms with Crippen molar-refractivity contribution >= 4 is 13.3 Å². The first-order chi connectivity index (χ1) is 9.80. The molecule has 2 aliphatic rings. The van der Waals surface area contributed by atoms with Gasteiger partial charge in [-0.3, -0.25) is 4.99 Å². The molecule has 5 nitrogen and oxygen atoms in total. The molecular weight excluding hydrogens is 267 g/mol. The highest BCUT2D eigenvalue weighted by Gasteiger charge is 2.52. The Bertz CT molecular complexity index is 467. The minimum Gasteiger partial charge on any atom is -0.404 e. The van der Waals surface area contributed by atoms with Gasteiger partial charge in [-0.05, 0) is 39.6 Å². The first-order valence-electron chi connectivity index (χ1n) is 7.32. The van der Waals surface area contributed by atoms with Crippen LogP contribution in [-0.4, -0.2) is 44.3 Å². The second kappa shape index (κ2) is 5.95. The smallest absolute Gasteiger partial charge is 0.404 e. The topological polar surface area (TPSA) is 66.1 Å². The van der Waals surface area contributed by atoms with Gasteiger partial charge in [0.15, 0.2) is 0 Å². The summed E-state index contributed by atoms with van der Waals surface area (Å²) < 4.78 is 17.9. The molecule has 1 unspecified atom stereocenters. The average molecular weight is 292 g/mol. The predicted octanol–water partition coefficient (Wildman–Crippen LogP) is 1.88. The van der Waals surface area contributed by atoms with Gasteiger partial charge in [-0.15, -0.1) is 0 Å². The number of hydrogen-bond donors (Lipinski definition) is 1. The molecule has 0 aromatic rings. The molecule has 0 amide bonds. The third kappa shape index (κ3) is 3.22. The molecule has 2 rings (SSSR count). The van der Waals surface area contributed by atoms with E-state index in [0.29, 0.717) is 6.61 Å². The fourth-order valence-corrected chi connectivity index (χ4v) is 2.37. The first-order valence-corrected chi connectivity index (χ1v) is 7.32. The molecule has 0 radical (unpaired) electrons. The van der Waals surface area contributed by atoms with Crippen LogP contribution in [0, 0.1) is 0 Å². The summed E-state index contributed by atoms with van der Waals surface area (Å²) in [5, 5.41) is 0. The van der Waals surface area contributed by atoms with Crippen molar-refractivity contribution in [2.45, 2.75) is 51.4 Å². The van der Waals surface area contributed by atoms with E-state index in [9.17, 15) is 0 Å². The zero-order valence-corrected chi connectivity index (χ0v) is 13.6. The molecule has 116 valence electrons. The average Bonchev–Trinajstić information content (AvgIpc) is 2.65. The van der Waals surface area contributed by atoms with Crippen LogP contribution >= 0.6 is 0 Å². The van der Waals surface area contributed by atoms with Crippen molar-refractivity contribution in [1.29, 1.82) is 0 Å². The summed E-state index contributed by atoms with van der Waals surface area (Å²) in [6.07, 6.45) is 5.89. The Morgan fingerprint density at radius 2 is 1.95 bits per heavy atom. The van der Waals surface area contributed by atoms with E-state index in [-0.39, 0.29) is 24.4 Å². The lowest BCUT2D eigenvalue weighted by molar-refractivity contribution is 0.00578. The quantitative estimate of drug-likeness (QED) is 0.637. The van der Waals surface area contributed by atoms with Crippen molar-refractivity contribution in [2.24, 2.45) is 10.7 Å². The van der Waals surface area contributed by atoms with Gasteiger partial charge in [-0.1, -0.05) is 6.08 Å². The molecule has 0 aromatic carbocycles. The van der Waals surface area contributed by atoms with Crippen molar-refractivity contribution < 1.29 is 14.0 Å². The van der Waals surface area contributed by atoms with Crippen molar-refractivity contribution in [3.8, 4) is 0 Å². The number of aliphatic imine (C=N–C) groups is 1. The summed E-state index contributed by atoms with van der Waals surface area (Å²) >= 11 is 0. The standard InChI is InChI=1S/C15H25BN2O3/c1-14(2)15(3,4)21-16(20-14)12-6-7-19-13(8-12)11(9-17)10-18-5/h8-10,13H,6-7,17H2,1-5H3/b11-9+,18-10?. The number of rotatable bonds is 3. The highest BCUT2D eigenvalue weighted by Crippen LogP contribution is 2.39. The summed E-state index contributed by atoms with van der Waals surface area (Å²) in [4.78, 5) is 4.01. The summed E-state index contributed by atoms with van der Waals surface area (Å²) in [7, 11) is 1.39. The van der Waals surface area contributed by atoms with E-state index in [1.54, 1.807) is 13.3 Å². The third-order valence-electron chi connectivity index (χ3n) is 4.41. The molecule has 0 spiro atoms. The van der Waals surface area contributed by atoms with E-state index in [4.69, 9.17) is 19.8 Å². The molecule has 21 heavy (non-hydrogen) atoms. The molecule has 0 saturated carbocycles. The first kappa shape index (κ1) is 16.3. The fraction of sp³-hybridized carbons (Fsp3) is 0.667. The van der Waals surface area contributed by atoms with Crippen LogP contribution in [0.15, 0.2) is 28.3 Å². The highest BCUT2D eigenvalue weighted by molar-refractivity contribution is 6.54. The number of hydrogen-bond acceptors (Lipinski definition) is 5. The van der Waals surface area contributed by atoms with E-state index < -0.39 is 0 Å². The zero-order valence-electron chi connectivity index (χ0n) is 13.6. The maximum absolute atomic E-state index is 6.09. The summed E-state index contributed by atoms with van der Waals surface area (Å²) in [5.74, 6) is 0. The minimum absolute atomic E-state index is 0.193. The molecule has 1 saturated heterocycles. The number of nitrogens with two attached hydrogens (primary N) is 1. The number of nitrogens with zero attached hydrogens (tertiary/aromatic N) is 1. The Kier molecular flexibility index (Phi) is 4.61. The Hall–Kier alpha value is -1.11.